The van der Waals surface area contributed by atoms with Crippen molar-refractivity contribution in [3.63, 3.8) is 0 Å². The molecular formula is C20H32N4O4. The minimum atomic E-state index is 0.0614. The zero-order valence-corrected chi connectivity index (χ0v) is 17.0. The summed E-state index contributed by atoms with van der Waals surface area (Å²) in [6.45, 7) is 10.2. The third-order valence-electron chi connectivity index (χ3n) is 6.05. The average molecular weight is 393 g/mol. The van der Waals surface area contributed by atoms with Crippen LogP contribution in [-0.4, -0.2) is 84.0 Å². The topological polar surface area (TPSA) is 80.9 Å². The number of hydrogen-bond donors (Lipinski definition) is 0. The smallest absolute Gasteiger partial charge is 0.230 e. The van der Waals surface area contributed by atoms with E-state index in [1.807, 2.05) is 18.7 Å². The van der Waals surface area contributed by atoms with Gasteiger partial charge in [-0.15, -0.1) is 0 Å². The second-order valence-corrected chi connectivity index (χ2v) is 8.57. The SMILES string of the molecule is CC(C)c1nc(CC(=O)N2CC[C@H]3CC(CN4CCCOCC4)O[C@H]3C2)no1. The van der Waals surface area contributed by atoms with E-state index in [0.29, 0.717) is 24.2 Å². The number of nitrogens with zero attached hydrogens (tertiary/aromatic N) is 4. The molecule has 0 saturated carbocycles. The number of carbonyl (C=O) groups is 1. The Balaban J connectivity index is 1.27. The molecule has 3 aliphatic rings. The summed E-state index contributed by atoms with van der Waals surface area (Å²) in [5.74, 6) is 1.86. The third kappa shape index (κ3) is 4.72. The number of likely N-dealkylation sites (tertiary alicyclic amines) is 1. The molecule has 0 aliphatic carbocycles. The van der Waals surface area contributed by atoms with E-state index in [9.17, 15) is 4.79 Å². The van der Waals surface area contributed by atoms with Gasteiger partial charge < -0.3 is 18.9 Å². The number of ether oxygens (including phenoxy) is 2. The van der Waals surface area contributed by atoms with Gasteiger partial charge in [0, 0.05) is 45.2 Å². The molecule has 156 valence electrons. The summed E-state index contributed by atoms with van der Waals surface area (Å²) < 4.78 is 17.1. The second kappa shape index (κ2) is 8.88. The van der Waals surface area contributed by atoms with Gasteiger partial charge in [-0.1, -0.05) is 19.0 Å². The Morgan fingerprint density at radius 3 is 2.96 bits per heavy atom. The van der Waals surface area contributed by atoms with Crippen molar-refractivity contribution in [2.45, 2.75) is 57.7 Å². The van der Waals surface area contributed by atoms with E-state index < -0.39 is 0 Å². The quantitative estimate of drug-likeness (QED) is 0.750. The highest BCUT2D eigenvalue weighted by atomic mass is 16.5. The Labute approximate surface area is 166 Å². The predicted octanol–water partition coefficient (Wildman–Crippen LogP) is 1.46. The Morgan fingerprint density at radius 1 is 1.25 bits per heavy atom. The van der Waals surface area contributed by atoms with Gasteiger partial charge in [0.05, 0.1) is 25.2 Å². The molecule has 4 rings (SSSR count). The van der Waals surface area contributed by atoms with Crippen LogP contribution in [0.4, 0.5) is 0 Å². The van der Waals surface area contributed by atoms with Gasteiger partial charge in [0.15, 0.2) is 5.82 Å². The summed E-state index contributed by atoms with van der Waals surface area (Å²) in [5.41, 5.74) is 0. The highest BCUT2D eigenvalue weighted by Crippen LogP contribution is 2.33. The summed E-state index contributed by atoms with van der Waals surface area (Å²) in [6.07, 6.45) is 3.84. The first-order chi connectivity index (χ1) is 13.6. The van der Waals surface area contributed by atoms with E-state index in [4.69, 9.17) is 14.0 Å². The Kier molecular flexibility index (Phi) is 6.28. The molecule has 0 bridgehead atoms. The van der Waals surface area contributed by atoms with Crippen LogP contribution < -0.4 is 0 Å². The van der Waals surface area contributed by atoms with Gasteiger partial charge in [0.25, 0.3) is 0 Å². The normalized spacial score (nSPS) is 29.1. The number of rotatable bonds is 5. The van der Waals surface area contributed by atoms with Crippen LogP contribution in [-0.2, 0) is 20.7 Å². The van der Waals surface area contributed by atoms with Gasteiger partial charge in [0.2, 0.25) is 11.8 Å². The summed E-state index contributed by atoms with van der Waals surface area (Å²) in [4.78, 5) is 21.4. The van der Waals surface area contributed by atoms with Crippen molar-refractivity contribution in [3.8, 4) is 0 Å². The molecule has 3 atom stereocenters. The van der Waals surface area contributed by atoms with E-state index in [1.165, 1.54) is 0 Å². The lowest BCUT2D eigenvalue weighted by atomic mass is 9.91. The van der Waals surface area contributed by atoms with Gasteiger partial charge in [-0.3, -0.25) is 9.69 Å². The molecule has 1 aromatic heterocycles. The molecular weight excluding hydrogens is 360 g/mol. The monoisotopic (exact) mass is 392 g/mol. The molecule has 28 heavy (non-hydrogen) atoms. The molecule has 1 unspecified atom stereocenters. The lowest BCUT2D eigenvalue weighted by Gasteiger charge is -2.34. The molecule has 0 aromatic carbocycles. The van der Waals surface area contributed by atoms with Crippen molar-refractivity contribution in [3.05, 3.63) is 11.7 Å². The van der Waals surface area contributed by atoms with Crippen LogP contribution in [0.15, 0.2) is 4.52 Å². The molecule has 1 aromatic rings. The highest BCUT2D eigenvalue weighted by Gasteiger charge is 2.40. The lowest BCUT2D eigenvalue weighted by Crippen LogP contribution is -2.46. The Hall–Kier alpha value is -1.51. The van der Waals surface area contributed by atoms with Crippen LogP contribution in [0.1, 0.15) is 50.7 Å². The molecule has 3 aliphatic heterocycles. The summed E-state index contributed by atoms with van der Waals surface area (Å²) in [5, 5.41) is 3.94. The van der Waals surface area contributed by atoms with Crippen molar-refractivity contribution in [2.24, 2.45) is 5.92 Å². The maximum absolute atomic E-state index is 12.7. The fraction of sp³-hybridized carbons (Fsp3) is 0.850. The molecule has 0 radical (unpaired) electrons. The molecule has 0 spiro atoms. The van der Waals surface area contributed by atoms with Crippen LogP contribution in [0.2, 0.25) is 0 Å². The minimum absolute atomic E-state index is 0.0614. The number of fused-ring (bicyclic) bond motifs is 1. The molecule has 1 amide bonds. The van der Waals surface area contributed by atoms with Crippen molar-refractivity contribution < 1.29 is 18.8 Å². The fourth-order valence-corrected chi connectivity index (χ4v) is 4.46. The van der Waals surface area contributed by atoms with Crippen molar-refractivity contribution >= 4 is 5.91 Å². The van der Waals surface area contributed by atoms with Gasteiger partial charge in [0.1, 0.15) is 0 Å². The fourth-order valence-electron chi connectivity index (χ4n) is 4.46. The van der Waals surface area contributed by atoms with E-state index >= 15 is 0 Å². The first-order valence-electron chi connectivity index (χ1n) is 10.6. The van der Waals surface area contributed by atoms with Crippen molar-refractivity contribution in [2.75, 3.05) is 45.9 Å². The molecule has 8 heteroatoms. The molecule has 3 saturated heterocycles. The van der Waals surface area contributed by atoms with Gasteiger partial charge in [-0.05, 0) is 25.2 Å². The van der Waals surface area contributed by atoms with Crippen LogP contribution in [0.25, 0.3) is 0 Å². The predicted molar refractivity (Wildman–Crippen MR) is 102 cm³/mol. The first-order valence-corrected chi connectivity index (χ1v) is 10.6. The van der Waals surface area contributed by atoms with Crippen molar-refractivity contribution in [1.29, 1.82) is 0 Å². The van der Waals surface area contributed by atoms with Gasteiger partial charge in [-0.25, -0.2) is 0 Å². The number of carbonyl (C=O) groups excluding carboxylic acids is 1. The Morgan fingerprint density at radius 2 is 2.14 bits per heavy atom. The highest BCUT2D eigenvalue weighted by molar-refractivity contribution is 5.78. The first kappa shape index (κ1) is 19.8. The number of amides is 1. The molecule has 8 nitrogen and oxygen atoms in total. The number of piperidine rings is 1. The Bertz CT molecular complexity index is 656. The summed E-state index contributed by atoms with van der Waals surface area (Å²) in [6, 6.07) is 0. The summed E-state index contributed by atoms with van der Waals surface area (Å²) >= 11 is 0. The number of aromatic nitrogens is 2. The number of hydrogen-bond acceptors (Lipinski definition) is 7. The zero-order valence-electron chi connectivity index (χ0n) is 17.0. The summed E-state index contributed by atoms with van der Waals surface area (Å²) in [7, 11) is 0. The van der Waals surface area contributed by atoms with Gasteiger partial charge >= 0.3 is 0 Å². The van der Waals surface area contributed by atoms with Crippen LogP contribution in [0.5, 0.6) is 0 Å². The van der Waals surface area contributed by atoms with E-state index in [2.05, 4.69) is 15.0 Å². The maximum Gasteiger partial charge on any atom is 0.230 e. The minimum Gasteiger partial charge on any atom is -0.380 e. The van der Waals surface area contributed by atoms with Crippen molar-refractivity contribution in [1.82, 2.24) is 19.9 Å². The van der Waals surface area contributed by atoms with E-state index in [0.717, 1.165) is 58.7 Å². The lowest BCUT2D eigenvalue weighted by molar-refractivity contribution is -0.135. The van der Waals surface area contributed by atoms with Gasteiger partial charge in [-0.2, -0.15) is 4.98 Å². The van der Waals surface area contributed by atoms with E-state index in [1.54, 1.807) is 0 Å². The zero-order chi connectivity index (χ0) is 19.5. The van der Waals surface area contributed by atoms with Crippen LogP contribution in [0, 0.1) is 5.92 Å². The van der Waals surface area contributed by atoms with Crippen LogP contribution in [0.3, 0.4) is 0 Å². The maximum atomic E-state index is 12.7. The van der Waals surface area contributed by atoms with Crippen LogP contribution >= 0.6 is 0 Å². The van der Waals surface area contributed by atoms with E-state index in [-0.39, 0.29) is 30.5 Å². The molecule has 0 N–H and O–H groups in total. The molecule has 4 heterocycles. The average Bonchev–Trinajstić information content (AvgIpc) is 3.21. The second-order valence-electron chi connectivity index (χ2n) is 8.57. The molecule has 3 fully saturated rings. The third-order valence-corrected chi connectivity index (χ3v) is 6.05. The largest absolute Gasteiger partial charge is 0.380 e. The standard InChI is InChI=1S/C20H32N4O4/c1-14(2)20-21-18(22-28-20)11-19(25)24-6-4-15-10-16(27-17(15)13-24)12-23-5-3-8-26-9-7-23/h14-17H,3-13H2,1-2H3/t15-,16?,17-/m0/s1.